The maximum atomic E-state index is 13.7. The van der Waals surface area contributed by atoms with E-state index in [-0.39, 0.29) is 17.4 Å². The van der Waals surface area contributed by atoms with Gasteiger partial charge in [-0.3, -0.25) is 0 Å². The third-order valence-corrected chi connectivity index (χ3v) is 3.02. The molecule has 0 aromatic heterocycles. The topological polar surface area (TPSA) is 44.5 Å². The molecule has 0 bridgehead atoms. The van der Waals surface area contributed by atoms with Crippen LogP contribution in [0.5, 0.6) is 11.5 Å². The van der Waals surface area contributed by atoms with Crippen molar-refractivity contribution in [2.75, 3.05) is 7.11 Å². The monoisotopic (exact) mass is 291 g/mol. The van der Waals surface area contributed by atoms with Crippen LogP contribution in [0.3, 0.4) is 0 Å². The Morgan fingerprint density at radius 2 is 1.90 bits per heavy atom. The SMILES string of the molecule is COc1ccccc1OCc1cc(C(N)=S)ccc1F. The van der Waals surface area contributed by atoms with Gasteiger partial charge in [-0.2, -0.15) is 0 Å². The molecule has 0 aliphatic carbocycles. The van der Waals surface area contributed by atoms with Crippen molar-refractivity contribution in [3.05, 3.63) is 59.4 Å². The molecular formula is C15H14FNO2S. The number of halogens is 1. The molecule has 0 saturated heterocycles. The highest BCUT2D eigenvalue weighted by molar-refractivity contribution is 7.80. The van der Waals surface area contributed by atoms with E-state index in [2.05, 4.69) is 0 Å². The van der Waals surface area contributed by atoms with Crippen LogP contribution < -0.4 is 15.2 Å². The second-order valence-electron chi connectivity index (χ2n) is 4.11. The molecule has 0 atom stereocenters. The van der Waals surface area contributed by atoms with Crippen molar-refractivity contribution in [3.63, 3.8) is 0 Å². The van der Waals surface area contributed by atoms with E-state index >= 15 is 0 Å². The van der Waals surface area contributed by atoms with Gasteiger partial charge in [0.25, 0.3) is 0 Å². The molecule has 5 heteroatoms. The predicted molar refractivity (Wildman–Crippen MR) is 79.6 cm³/mol. The smallest absolute Gasteiger partial charge is 0.161 e. The van der Waals surface area contributed by atoms with Crippen LogP contribution in [0, 0.1) is 5.82 Å². The summed E-state index contributed by atoms with van der Waals surface area (Å²) in [4.78, 5) is 0.226. The fourth-order valence-electron chi connectivity index (χ4n) is 1.73. The zero-order valence-corrected chi connectivity index (χ0v) is 11.7. The lowest BCUT2D eigenvalue weighted by molar-refractivity contribution is 0.279. The van der Waals surface area contributed by atoms with Crippen molar-refractivity contribution in [2.45, 2.75) is 6.61 Å². The first-order chi connectivity index (χ1) is 9.61. The summed E-state index contributed by atoms with van der Waals surface area (Å²) in [5, 5.41) is 0. The molecule has 3 nitrogen and oxygen atoms in total. The molecule has 0 fully saturated rings. The lowest BCUT2D eigenvalue weighted by atomic mass is 10.1. The van der Waals surface area contributed by atoms with Gasteiger partial charge in [0, 0.05) is 11.1 Å². The van der Waals surface area contributed by atoms with Crippen LogP contribution in [-0.4, -0.2) is 12.1 Å². The maximum Gasteiger partial charge on any atom is 0.161 e. The van der Waals surface area contributed by atoms with Crippen LogP contribution in [0.1, 0.15) is 11.1 Å². The van der Waals surface area contributed by atoms with Gasteiger partial charge < -0.3 is 15.2 Å². The largest absolute Gasteiger partial charge is 0.493 e. The lowest BCUT2D eigenvalue weighted by Gasteiger charge is -2.11. The van der Waals surface area contributed by atoms with E-state index in [1.165, 1.54) is 6.07 Å². The molecule has 0 amide bonds. The second-order valence-corrected chi connectivity index (χ2v) is 4.55. The quantitative estimate of drug-likeness (QED) is 0.860. The van der Waals surface area contributed by atoms with Gasteiger partial charge in [0.05, 0.1) is 7.11 Å². The van der Waals surface area contributed by atoms with E-state index < -0.39 is 0 Å². The molecule has 2 aromatic rings. The Morgan fingerprint density at radius 3 is 2.55 bits per heavy atom. The first kappa shape index (κ1) is 14.3. The second kappa shape index (κ2) is 6.34. The Balaban J connectivity index is 2.18. The number of hydrogen-bond donors (Lipinski definition) is 1. The lowest BCUT2D eigenvalue weighted by Crippen LogP contribution is -2.10. The summed E-state index contributed by atoms with van der Waals surface area (Å²) in [5.74, 6) is 0.786. The van der Waals surface area contributed by atoms with E-state index in [9.17, 15) is 4.39 Å². The van der Waals surface area contributed by atoms with Crippen molar-refractivity contribution in [2.24, 2.45) is 5.73 Å². The van der Waals surface area contributed by atoms with Crippen LogP contribution in [0.4, 0.5) is 4.39 Å². The van der Waals surface area contributed by atoms with Gasteiger partial charge in [0.1, 0.15) is 17.4 Å². The average molecular weight is 291 g/mol. The zero-order valence-electron chi connectivity index (χ0n) is 10.9. The standard InChI is InChI=1S/C15H14FNO2S/c1-18-13-4-2-3-5-14(13)19-9-11-8-10(15(17)20)6-7-12(11)16/h2-8H,9H2,1H3,(H2,17,20). The Bertz CT molecular complexity index is 631. The molecule has 2 aromatic carbocycles. The van der Waals surface area contributed by atoms with Gasteiger partial charge in [-0.05, 0) is 30.3 Å². The van der Waals surface area contributed by atoms with Gasteiger partial charge in [-0.15, -0.1) is 0 Å². The highest BCUT2D eigenvalue weighted by Gasteiger charge is 2.08. The number of nitrogens with two attached hydrogens (primary N) is 1. The number of para-hydroxylation sites is 2. The summed E-state index contributed by atoms with van der Waals surface area (Å²) in [5.41, 5.74) is 6.53. The van der Waals surface area contributed by atoms with Crippen molar-refractivity contribution < 1.29 is 13.9 Å². The van der Waals surface area contributed by atoms with E-state index in [1.807, 2.05) is 12.1 Å². The normalized spacial score (nSPS) is 10.1. The summed E-state index contributed by atoms with van der Waals surface area (Å²) >= 11 is 4.88. The predicted octanol–water partition coefficient (Wildman–Crippen LogP) is 3.05. The Labute approximate surface area is 122 Å². The maximum absolute atomic E-state index is 13.7. The minimum atomic E-state index is -0.361. The molecule has 0 aliphatic heterocycles. The summed E-state index contributed by atoms with van der Waals surface area (Å²) in [7, 11) is 1.55. The number of rotatable bonds is 5. The highest BCUT2D eigenvalue weighted by Crippen LogP contribution is 2.27. The zero-order chi connectivity index (χ0) is 14.5. The number of methoxy groups -OCH3 is 1. The van der Waals surface area contributed by atoms with Gasteiger partial charge in [0.15, 0.2) is 11.5 Å². The van der Waals surface area contributed by atoms with Crippen molar-refractivity contribution in [1.82, 2.24) is 0 Å². The summed E-state index contributed by atoms with van der Waals surface area (Å²) in [6.07, 6.45) is 0. The average Bonchev–Trinajstić information content (AvgIpc) is 2.46. The molecule has 2 N–H and O–H groups in total. The van der Waals surface area contributed by atoms with Gasteiger partial charge in [-0.1, -0.05) is 24.4 Å². The molecule has 0 heterocycles. The van der Waals surface area contributed by atoms with Gasteiger partial charge >= 0.3 is 0 Å². The fraction of sp³-hybridized carbons (Fsp3) is 0.133. The molecule has 0 aliphatic rings. The molecule has 0 unspecified atom stereocenters. The van der Waals surface area contributed by atoms with E-state index in [0.29, 0.717) is 22.6 Å². The molecule has 2 rings (SSSR count). The summed E-state index contributed by atoms with van der Waals surface area (Å²) < 4.78 is 24.5. The summed E-state index contributed by atoms with van der Waals surface area (Å²) in [6, 6.07) is 11.7. The van der Waals surface area contributed by atoms with Gasteiger partial charge in [0.2, 0.25) is 0 Å². The van der Waals surface area contributed by atoms with Crippen LogP contribution in [-0.2, 0) is 6.61 Å². The van der Waals surface area contributed by atoms with Gasteiger partial charge in [-0.25, -0.2) is 4.39 Å². The van der Waals surface area contributed by atoms with Crippen LogP contribution >= 0.6 is 12.2 Å². The molecule has 104 valence electrons. The van der Waals surface area contributed by atoms with E-state index in [1.54, 1.807) is 31.4 Å². The minimum absolute atomic E-state index is 0.0721. The fourth-order valence-corrected chi connectivity index (χ4v) is 1.86. The number of hydrogen-bond acceptors (Lipinski definition) is 3. The van der Waals surface area contributed by atoms with Crippen molar-refractivity contribution >= 4 is 17.2 Å². The Morgan fingerprint density at radius 1 is 1.20 bits per heavy atom. The van der Waals surface area contributed by atoms with Crippen molar-refractivity contribution in [1.29, 1.82) is 0 Å². The molecule has 0 radical (unpaired) electrons. The molecular weight excluding hydrogens is 277 g/mol. The van der Waals surface area contributed by atoms with E-state index in [4.69, 9.17) is 27.4 Å². The minimum Gasteiger partial charge on any atom is -0.493 e. The summed E-state index contributed by atoms with van der Waals surface area (Å²) in [6.45, 7) is 0.0721. The molecule has 0 saturated carbocycles. The third kappa shape index (κ3) is 3.24. The Hall–Kier alpha value is -2.14. The number of thiocarbonyl (C=S) groups is 1. The van der Waals surface area contributed by atoms with Crippen LogP contribution in [0.25, 0.3) is 0 Å². The first-order valence-corrected chi connectivity index (χ1v) is 6.36. The number of benzene rings is 2. The van der Waals surface area contributed by atoms with Crippen molar-refractivity contribution in [3.8, 4) is 11.5 Å². The Kier molecular flexibility index (Phi) is 4.53. The first-order valence-electron chi connectivity index (χ1n) is 5.96. The van der Waals surface area contributed by atoms with Crippen LogP contribution in [0.15, 0.2) is 42.5 Å². The van der Waals surface area contributed by atoms with E-state index in [0.717, 1.165) is 0 Å². The molecule has 20 heavy (non-hydrogen) atoms. The number of ether oxygens (including phenoxy) is 2. The van der Waals surface area contributed by atoms with Crippen LogP contribution in [0.2, 0.25) is 0 Å². The highest BCUT2D eigenvalue weighted by atomic mass is 32.1. The third-order valence-electron chi connectivity index (χ3n) is 2.78. The molecule has 0 spiro atoms.